The zero-order chi connectivity index (χ0) is 22.8. The summed E-state index contributed by atoms with van der Waals surface area (Å²) < 4.78 is 18.2. The fourth-order valence-corrected chi connectivity index (χ4v) is 3.50. The molecule has 0 fully saturated rings. The van der Waals surface area contributed by atoms with Gasteiger partial charge in [-0.2, -0.15) is 0 Å². The predicted molar refractivity (Wildman–Crippen MR) is 123 cm³/mol. The van der Waals surface area contributed by atoms with Crippen LogP contribution in [0, 0.1) is 16.0 Å². The van der Waals surface area contributed by atoms with Gasteiger partial charge in [0.15, 0.2) is 0 Å². The maximum Gasteiger partial charge on any atom is 0.514 e. The maximum absolute atomic E-state index is 12.2. The van der Waals surface area contributed by atoms with Gasteiger partial charge in [-0.15, -0.1) is 0 Å². The van der Waals surface area contributed by atoms with Crippen molar-refractivity contribution in [3.05, 3.63) is 56.2 Å². The van der Waals surface area contributed by atoms with E-state index in [9.17, 15) is 19.7 Å². The molecule has 168 valence electrons. The summed E-state index contributed by atoms with van der Waals surface area (Å²) in [6, 6.07) is 5.20. The Morgan fingerprint density at radius 2 is 1.94 bits per heavy atom. The molecule has 1 aliphatic rings. The molecule has 3 atom stereocenters. The molecule has 1 heterocycles. The van der Waals surface area contributed by atoms with E-state index in [0.717, 1.165) is 18.4 Å². The molecule has 0 bridgehead atoms. The Morgan fingerprint density at radius 3 is 2.58 bits per heavy atom. The van der Waals surface area contributed by atoms with Crippen LogP contribution in [0.15, 0.2) is 46.1 Å². The van der Waals surface area contributed by atoms with Crippen molar-refractivity contribution >= 4 is 40.4 Å². The number of nitro benzene ring substituents is 1. The molecule has 0 saturated heterocycles. The van der Waals surface area contributed by atoms with Gasteiger partial charge in [-0.25, -0.2) is 4.79 Å². The first kappa shape index (κ1) is 24.8. The van der Waals surface area contributed by atoms with Crippen molar-refractivity contribution in [3.8, 4) is 5.75 Å². The number of non-ortho nitro benzene ring substituents is 1. The third-order valence-electron chi connectivity index (χ3n) is 4.85. The molecular formula is C22H26INO7. The third-order valence-corrected chi connectivity index (χ3v) is 5.83. The van der Waals surface area contributed by atoms with Gasteiger partial charge in [0.1, 0.15) is 18.0 Å². The van der Waals surface area contributed by atoms with Crippen LogP contribution in [0.25, 0.3) is 0 Å². The molecule has 0 saturated carbocycles. The first-order valence-electron chi connectivity index (χ1n) is 10.1. The monoisotopic (exact) mass is 543 g/mol. The minimum atomic E-state index is -0.880. The van der Waals surface area contributed by atoms with Crippen LogP contribution >= 0.6 is 22.6 Å². The number of nitro groups is 1. The van der Waals surface area contributed by atoms with Crippen molar-refractivity contribution in [2.24, 2.45) is 5.92 Å². The molecule has 31 heavy (non-hydrogen) atoms. The van der Waals surface area contributed by atoms with E-state index in [1.807, 2.05) is 24.0 Å². The van der Waals surface area contributed by atoms with Gasteiger partial charge in [0.05, 0.1) is 4.92 Å². The number of hydrogen-bond donors (Lipinski definition) is 0. The quantitative estimate of drug-likeness (QED) is 0.117. The maximum atomic E-state index is 12.2. The zero-order valence-corrected chi connectivity index (χ0v) is 19.6. The van der Waals surface area contributed by atoms with Crippen molar-refractivity contribution in [2.75, 3.05) is 0 Å². The Bertz CT molecular complexity index is 835. The molecule has 0 N–H and O–H groups in total. The van der Waals surface area contributed by atoms with E-state index in [1.165, 1.54) is 24.3 Å². The number of nitrogens with zero attached hydrogens (tertiary/aromatic N) is 1. The van der Waals surface area contributed by atoms with E-state index in [1.54, 1.807) is 6.08 Å². The lowest BCUT2D eigenvalue weighted by Gasteiger charge is -2.24. The van der Waals surface area contributed by atoms with Gasteiger partial charge in [-0.05, 0) is 54.1 Å². The molecule has 8 nitrogen and oxygen atoms in total. The molecule has 2 rings (SSSR count). The smallest absolute Gasteiger partial charge is 0.457 e. The summed E-state index contributed by atoms with van der Waals surface area (Å²) in [5.41, 5.74) is 0.848. The minimum Gasteiger partial charge on any atom is -0.457 e. The Labute approximate surface area is 194 Å². The van der Waals surface area contributed by atoms with Crippen molar-refractivity contribution in [1.29, 1.82) is 0 Å². The van der Waals surface area contributed by atoms with Crippen molar-refractivity contribution in [1.82, 2.24) is 0 Å². The Morgan fingerprint density at radius 1 is 1.23 bits per heavy atom. The number of benzene rings is 1. The first-order chi connectivity index (χ1) is 14.8. The highest BCUT2D eigenvalue weighted by Crippen LogP contribution is 2.23. The SMILES string of the molecule is C/C(=C\I)[C@H]1OC(=O)CCCCC[C@@H](OC(=O)Oc2ccc([N+](=O)[O-])cc2)/C=C/[C@@H]1C. The number of rotatable bonds is 4. The Balaban J connectivity index is 2.07. The molecular weight excluding hydrogens is 517 g/mol. The number of esters is 1. The molecule has 0 aromatic heterocycles. The fraction of sp³-hybridized carbons (Fsp3) is 0.455. The molecule has 0 aliphatic carbocycles. The topological polar surface area (TPSA) is 105 Å². The summed E-state index contributed by atoms with van der Waals surface area (Å²) >= 11 is 2.12. The van der Waals surface area contributed by atoms with E-state index >= 15 is 0 Å². The molecule has 1 aromatic carbocycles. The van der Waals surface area contributed by atoms with E-state index in [-0.39, 0.29) is 29.4 Å². The van der Waals surface area contributed by atoms with Crippen LogP contribution in [0.3, 0.4) is 0 Å². The van der Waals surface area contributed by atoms with E-state index in [0.29, 0.717) is 19.3 Å². The van der Waals surface area contributed by atoms with Gasteiger partial charge >= 0.3 is 12.1 Å². The number of carbonyl (C=O) groups excluding carboxylic acids is 2. The fourth-order valence-electron chi connectivity index (χ4n) is 3.14. The van der Waals surface area contributed by atoms with Crippen LogP contribution in [0.5, 0.6) is 5.75 Å². The molecule has 1 aromatic rings. The van der Waals surface area contributed by atoms with Gasteiger partial charge in [0, 0.05) is 24.5 Å². The number of hydrogen-bond acceptors (Lipinski definition) is 7. The highest BCUT2D eigenvalue weighted by Gasteiger charge is 2.23. The summed E-state index contributed by atoms with van der Waals surface area (Å²) in [6.45, 7) is 3.85. The van der Waals surface area contributed by atoms with Crippen LogP contribution in [-0.4, -0.2) is 29.3 Å². The summed E-state index contributed by atoms with van der Waals surface area (Å²) in [5, 5.41) is 10.7. The minimum absolute atomic E-state index is 0.0944. The summed E-state index contributed by atoms with van der Waals surface area (Å²) in [7, 11) is 0. The highest BCUT2D eigenvalue weighted by atomic mass is 127. The molecule has 1 aliphatic heterocycles. The normalized spacial score (nSPS) is 24.2. The molecule has 0 spiro atoms. The number of ether oxygens (including phenoxy) is 3. The Hall–Kier alpha value is -2.43. The standard InChI is InChI=1S/C22H26INO7/c1-15-8-11-18(6-4-3-5-7-20(25)31-21(15)16(2)14-23)29-22(26)30-19-12-9-17(10-13-19)24(27)28/h8-15,18,21H,3-7H2,1-2H3/b11-8+,16-14+/t15-,18+,21-/m0/s1. The highest BCUT2D eigenvalue weighted by molar-refractivity contribution is 14.1. The third kappa shape index (κ3) is 8.31. The average molecular weight is 543 g/mol. The van der Waals surface area contributed by atoms with Crippen molar-refractivity contribution in [3.63, 3.8) is 0 Å². The van der Waals surface area contributed by atoms with Crippen LogP contribution in [0.1, 0.15) is 46.0 Å². The second-order valence-corrected chi connectivity index (χ2v) is 7.99. The first-order valence-corrected chi connectivity index (χ1v) is 11.3. The summed E-state index contributed by atoms with van der Waals surface area (Å²) in [4.78, 5) is 34.5. The average Bonchev–Trinajstić information content (AvgIpc) is 2.74. The lowest BCUT2D eigenvalue weighted by Crippen LogP contribution is -2.26. The molecule has 0 unspecified atom stereocenters. The van der Waals surface area contributed by atoms with Crippen molar-refractivity contribution in [2.45, 2.75) is 58.2 Å². The number of cyclic esters (lactones) is 1. The lowest BCUT2D eigenvalue weighted by atomic mass is 9.97. The van der Waals surface area contributed by atoms with Crippen LogP contribution < -0.4 is 4.74 Å². The van der Waals surface area contributed by atoms with Gasteiger partial charge in [-0.1, -0.05) is 42.0 Å². The zero-order valence-electron chi connectivity index (χ0n) is 17.5. The Kier molecular flexibility index (Phi) is 9.96. The van der Waals surface area contributed by atoms with Gasteiger partial charge in [0.2, 0.25) is 0 Å². The van der Waals surface area contributed by atoms with Gasteiger partial charge in [0.25, 0.3) is 5.69 Å². The van der Waals surface area contributed by atoms with Crippen molar-refractivity contribution < 1.29 is 28.7 Å². The lowest BCUT2D eigenvalue weighted by molar-refractivity contribution is -0.384. The van der Waals surface area contributed by atoms with Crippen LogP contribution in [-0.2, 0) is 14.3 Å². The number of carbonyl (C=O) groups is 2. The largest absolute Gasteiger partial charge is 0.514 e. The van der Waals surface area contributed by atoms with Crippen LogP contribution in [0.4, 0.5) is 10.5 Å². The van der Waals surface area contributed by atoms with E-state index in [2.05, 4.69) is 22.6 Å². The summed E-state index contributed by atoms with van der Waals surface area (Å²) in [5.74, 6) is -0.148. The molecule has 9 heteroatoms. The molecule has 0 radical (unpaired) electrons. The van der Waals surface area contributed by atoms with E-state index < -0.39 is 17.2 Å². The molecule has 0 amide bonds. The van der Waals surface area contributed by atoms with Gasteiger partial charge < -0.3 is 14.2 Å². The van der Waals surface area contributed by atoms with Gasteiger partial charge in [-0.3, -0.25) is 14.9 Å². The summed E-state index contributed by atoms with van der Waals surface area (Å²) in [6.07, 6.45) is 5.16. The second-order valence-electron chi connectivity index (χ2n) is 7.37. The predicted octanol–water partition coefficient (Wildman–Crippen LogP) is 5.89. The van der Waals surface area contributed by atoms with Crippen LogP contribution in [0.2, 0.25) is 0 Å². The number of halogens is 1. The second kappa shape index (κ2) is 12.4. The van der Waals surface area contributed by atoms with E-state index in [4.69, 9.17) is 14.2 Å².